The summed E-state index contributed by atoms with van der Waals surface area (Å²) in [4.78, 5) is 42.2. The van der Waals surface area contributed by atoms with Crippen LogP contribution in [0, 0.1) is 5.92 Å². The summed E-state index contributed by atoms with van der Waals surface area (Å²) in [5.41, 5.74) is 8.75. The molecule has 0 aliphatic rings. The van der Waals surface area contributed by atoms with Gasteiger partial charge in [-0.2, -0.15) is 0 Å². The van der Waals surface area contributed by atoms with Crippen LogP contribution in [0.4, 0.5) is 0 Å². The molecule has 3 amide bonds. The standard InChI is InChI=1S/C35H45N5O3/c1-24(39-34(42)21-25-14-15-26-9-3-4-10-27(26)20-25)19-28(22-29-23-38-32-13-6-5-12-31(29)32)35(43)40-30(11-7-8-18-36)16-17-33(41)37-2/h3-6,9-10,12-15,20,23-24,28,30,38H,7-8,11,16-19,21-22,36H2,1-2H3,(H,37,41)(H,39,42)(H,40,43)/t24-,28+,30-/m0/s1. The number of aromatic nitrogens is 1. The summed E-state index contributed by atoms with van der Waals surface area (Å²) in [5, 5.41) is 12.4. The molecule has 8 nitrogen and oxygen atoms in total. The van der Waals surface area contributed by atoms with Crippen molar-refractivity contribution in [1.29, 1.82) is 0 Å². The number of rotatable bonds is 16. The molecule has 0 spiro atoms. The molecule has 1 aromatic heterocycles. The summed E-state index contributed by atoms with van der Waals surface area (Å²) in [7, 11) is 1.62. The van der Waals surface area contributed by atoms with E-state index in [9.17, 15) is 14.4 Å². The lowest BCUT2D eigenvalue weighted by molar-refractivity contribution is -0.127. The first-order valence-corrected chi connectivity index (χ1v) is 15.4. The molecular weight excluding hydrogens is 538 g/mol. The minimum atomic E-state index is -0.368. The summed E-state index contributed by atoms with van der Waals surface area (Å²) < 4.78 is 0. The quantitative estimate of drug-likeness (QED) is 0.122. The normalized spacial score (nSPS) is 13.4. The summed E-state index contributed by atoms with van der Waals surface area (Å²) in [6, 6.07) is 21.9. The molecule has 8 heteroatoms. The third-order valence-electron chi connectivity index (χ3n) is 8.09. The number of para-hydroxylation sites is 1. The number of hydrogen-bond donors (Lipinski definition) is 5. The van der Waals surface area contributed by atoms with Crippen molar-refractivity contribution in [1.82, 2.24) is 20.9 Å². The van der Waals surface area contributed by atoms with Crippen molar-refractivity contribution in [3.05, 3.63) is 84.1 Å². The van der Waals surface area contributed by atoms with E-state index in [1.165, 1.54) is 0 Å². The molecule has 228 valence electrons. The van der Waals surface area contributed by atoms with E-state index in [1.54, 1.807) is 7.05 Å². The maximum atomic E-state index is 13.8. The summed E-state index contributed by atoms with van der Waals surface area (Å²) in [5.74, 6) is -0.543. The average Bonchev–Trinajstić information content (AvgIpc) is 3.41. The molecule has 0 saturated heterocycles. The smallest absolute Gasteiger partial charge is 0.224 e. The zero-order valence-electron chi connectivity index (χ0n) is 25.3. The number of nitrogens with one attached hydrogen (secondary N) is 4. The number of fused-ring (bicyclic) bond motifs is 2. The van der Waals surface area contributed by atoms with Crippen molar-refractivity contribution in [2.24, 2.45) is 11.7 Å². The fourth-order valence-corrected chi connectivity index (χ4v) is 5.77. The Balaban J connectivity index is 1.45. The van der Waals surface area contributed by atoms with Gasteiger partial charge in [0.1, 0.15) is 0 Å². The Morgan fingerprint density at radius 1 is 0.884 bits per heavy atom. The van der Waals surface area contributed by atoms with E-state index in [1.807, 2.05) is 61.7 Å². The molecule has 0 fully saturated rings. The van der Waals surface area contributed by atoms with Crippen molar-refractivity contribution < 1.29 is 14.4 Å². The van der Waals surface area contributed by atoms with Crippen LogP contribution in [0.25, 0.3) is 21.7 Å². The van der Waals surface area contributed by atoms with Gasteiger partial charge in [-0.3, -0.25) is 14.4 Å². The van der Waals surface area contributed by atoms with E-state index in [0.717, 1.165) is 52.1 Å². The number of hydrogen-bond acceptors (Lipinski definition) is 4. The first kappa shape index (κ1) is 31.8. The lowest BCUT2D eigenvalue weighted by Crippen LogP contribution is -2.43. The molecule has 0 saturated carbocycles. The van der Waals surface area contributed by atoms with Crippen LogP contribution < -0.4 is 21.7 Å². The number of nitrogens with two attached hydrogens (primary N) is 1. The number of benzene rings is 3. The van der Waals surface area contributed by atoms with Gasteiger partial charge < -0.3 is 26.7 Å². The molecule has 0 bridgehead atoms. The zero-order chi connectivity index (χ0) is 30.6. The van der Waals surface area contributed by atoms with E-state index < -0.39 is 0 Å². The number of aromatic amines is 1. The molecule has 0 aliphatic heterocycles. The number of unbranched alkanes of at least 4 members (excludes halogenated alkanes) is 1. The van der Waals surface area contributed by atoms with Crippen LogP contribution in [0.15, 0.2) is 72.9 Å². The number of amides is 3. The molecule has 0 aliphatic carbocycles. The molecule has 43 heavy (non-hydrogen) atoms. The first-order chi connectivity index (χ1) is 20.9. The minimum absolute atomic E-state index is 0.0452. The van der Waals surface area contributed by atoms with Crippen molar-refractivity contribution in [2.75, 3.05) is 13.6 Å². The van der Waals surface area contributed by atoms with Crippen LogP contribution in [-0.4, -0.2) is 48.4 Å². The summed E-state index contributed by atoms with van der Waals surface area (Å²) in [6.07, 6.45) is 6.68. The van der Waals surface area contributed by atoms with Crippen LogP contribution >= 0.6 is 0 Å². The van der Waals surface area contributed by atoms with Crippen molar-refractivity contribution in [3.8, 4) is 0 Å². The van der Waals surface area contributed by atoms with Gasteiger partial charge in [0.25, 0.3) is 0 Å². The van der Waals surface area contributed by atoms with Gasteiger partial charge in [-0.1, -0.05) is 67.1 Å². The Bertz CT molecular complexity index is 1510. The van der Waals surface area contributed by atoms with Gasteiger partial charge >= 0.3 is 0 Å². The van der Waals surface area contributed by atoms with Crippen molar-refractivity contribution in [3.63, 3.8) is 0 Å². The molecule has 4 rings (SSSR count). The Kier molecular flexibility index (Phi) is 11.7. The van der Waals surface area contributed by atoms with E-state index >= 15 is 0 Å². The van der Waals surface area contributed by atoms with Crippen LogP contribution in [-0.2, 0) is 27.2 Å². The second kappa shape index (κ2) is 15.9. The highest BCUT2D eigenvalue weighted by molar-refractivity contribution is 5.86. The van der Waals surface area contributed by atoms with E-state index in [-0.39, 0.29) is 42.1 Å². The Morgan fingerprint density at radius 2 is 1.65 bits per heavy atom. The molecule has 3 aromatic carbocycles. The highest BCUT2D eigenvalue weighted by atomic mass is 16.2. The zero-order valence-corrected chi connectivity index (χ0v) is 25.3. The topological polar surface area (TPSA) is 129 Å². The number of carbonyl (C=O) groups excluding carboxylic acids is 3. The molecule has 0 unspecified atom stereocenters. The van der Waals surface area contributed by atoms with Crippen molar-refractivity contribution >= 4 is 39.4 Å². The largest absolute Gasteiger partial charge is 0.361 e. The predicted octanol–water partition coefficient (Wildman–Crippen LogP) is 4.76. The number of H-pyrrole nitrogens is 1. The average molecular weight is 584 g/mol. The van der Waals surface area contributed by atoms with Gasteiger partial charge in [-0.25, -0.2) is 0 Å². The highest BCUT2D eigenvalue weighted by Crippen LogP contribution is 2.24. The molecule has 4 aromatic rings. The maximum absolute atomic E-state index is 13.8. The predicted molar refractivity (Wildman–Crippen MR) is 174 cm³/mol. The Labute approximate surface area is 254 Å². The van der Waals surface area contributed by atoms with Gasteiger partial charge in [0.15, 0.2) is 0 Å². The van der Waals surface area contributed by atoms with Gasteiger partial charge in [-0.15, -0.1) is 0 Å². The SMILES string of the molecule is CNC(=O)CC[C@H](CCCCN)NC(=O)[C@@H](Cc1c[nH]c2ccccc12)C[C@H](C)NC(=O)Cc1ccc2ccccc2c1. The van der Waals surface area contributed by atoms with Crippen LogP contribution in [0.3, 0.4) is 0 Å². The third-order valence-corrected chi connectivity index (χ3v) is 8.09. The van der Waals surface area contributed by atoms with Gasteiger partial charge in [-0.05, 0) is 73.5 Å². The second-order valence-electron chi connectivity index (χ2n) is 11.5. The monoisotopic (exact) mass is 583 g/mol. The lowest BCUT2D eigenvalue weighted by Gasteiger charge is -2.25. The van der Waals surface area contributed by atoms with Crippen LogP contribution in [0.1, 0.15) is 56.6 Å². The molecule has 1 heterocycles. The van der Waals surface area contributed by atoms with Gasteiger partial charge in [0.2, 0.25) is 17.7 Å². The molecule has 6 N–H and O–H groups in total. The number of carbonyl (C=O) groups is 3. The van der Waals surface area contributed by atoms with E-state index in [4.69, 9.17) is 5.73 Å². The third kappa shape index (κ3) is 9.41. The van der Waals surface area contributed by atoms with Gasteiger partial charge in [0, 0.05) is 48.6 Å². The Hall–Kier alpha value is -4.17. The van der Waals surface area contributed by atoms with E-state index in [2.05, 4.69) is 39.1 Å². The molecular formula is C35H45N5O3. The fraction of sp³-hybridized carbons (Fsp3) is 0.400. The van der Waals surface area contributed by atoms with E-state index in [0.29, 0.717) is 32.2 Å². The molecule has 3 atom stereocenters. The maximum Gasteiger partial charge on any atom is 0.224 e. The van der Waals surface area contributed by atoms with Crippen LogP contribution in [0.5, 0.6) is 0 Å². The highest BCUT2D eigenvalue weighted by Gasteiger charge is 2.26. The van der Waals surface area contributed by atoms with Crippen LogP contribution in [0.2, 0.25) is 0 Å². The van der Waals surface area contributed by atoms with Gasteiger partial charge in [0.05, 0.1) is 6.42 Å². The first-order valence-electron chi connectivity index (χ1n) is 15.4. The lowest BCUT2D eigenvalue weighted by atomic mass is 9.91. The molecule has 0 radical (unpaired) electrons. The van der Waals surface area contributed by atoms with Crippen molar-refractivity contribution in [2.45, 2.75) is 70.4 Å². The Morgan fingerprint density at radius 3 is 2.44 bits per heavy atom. The second-order valence-corrected chi connectivity index (χ2v) is 11.5. The minimum Gasteiger partial charge on any atom is -0.361 e. The summed E-state index contributed by atoms with van der Waals surface area (Å²) in [6.45, 7) is 2.55. The summed E-state index contributed by atoms with van der Waals surface area (Å²) >= 11 is 0. The fourth-order valence-electron chi connectivity index (χ4n) is 5.77.